The monoisotopic (exact) mass is 474 g/mol. The highest BCUT2D eigenvalue weighted by atomic mass is 16.5. The van der Waals surface area contributed by atoms with Crippen molar-refractivity contribution in [2.75, 3.05) is 20.1 Å². The molecule has 0 aliphatic carbocycles. The fourth-order valence-corrected chi connectivity index (χ4v) is 6.51. The molecule has 0 amide bonds. The van der Waals surface area contributed by atoms with E-state index in [2.05, 4.69) is 67.1 Å². The average molecular weight is 475 g/mol. The first-order valence-electron chi connectivity index (χ1n) is 12.7. The molecular weight excluding hydrogens is 440 g/mol. The van der Waals surface area contributed by atoms with Gasteiger partial charge in [0, 0.05) is 42.0 Å². The lowest BCUT2D eigenvalue weighted by molar-refractivity contribution is -0.127. The third kappa shape index (κ3) is 3.63. The predicted octanol–water partition coefficient (Wildman–Crippen LogP) is 4.48. The third-order valence-corrected chi connectivity index (χ3v) is 8.39. The van der Waals surface area contributed by atoms with Crippen LogP contribution in [0.2, 0.25) is 0 Å². The van der Waals surface area contributed by atoms with Gasteiger partial charge in [-0.3, -0.25) is 4.98 Å². The summed E-state index contributed by atoms with van der Waals surface area (Å²) in [6.45, 7) is 8.09. The smallest absolute Gasteiger partial charge is 0.232 e. The van der Waals surface area contributed by atoms with Gasteiger partial charge in [0.2, 0.25) is 11.7 Å². The number of pyridine rings is 1. The summed E-state index contributed by atoms with van der Waals surface area (Å²) >= 11 is 0. The van der Waals surface area contributed by atoms with Crippen LogP contribution in [0.1, 0.15) is 74.5 Å². The Morgan fingerprint density at radius 1 is 1.11 bits per heavy atom. The second kappa shape index (κ2) is 8.22. The topological polar surface area (TPSA) is 84.5 Å². The van der Waals surface area contributed by atoms with Crippen molar-refractivity contribution in [2.24, 2.45) is 5.41 Å². The molecular formula is C28H34N4O3. The van der Waals surface area contributed by atoms with Gasteiger partial charge < -0.3 is 19.3 Å². The highest BCUT2D eigenvalue weighted by Crippen LogP contribution is 2.50. The summed E-state index contributed by atoms with van der Waals surface area (Å²) in [5.41, 5.74) is 2.06. The highest BCUT2D eigenvalue weighted by Gasteiger charge is 2.55. The number of nitrogens with zero attached hydrogens (tertiary/aromatic N) is 4. The van der Waals surface area contributed by atoms with Crippen molar-refractivity contribution < 1.29 is 14.4 Å². The van der Waals surface area contributed by atoms with E-state index in [4.69, 9.17) is 14.2 Å². The maximum Gasteiger partial charge on any atom is 0.232 e. The van der Waals surface area contributed by atoms with Crippen LogP contribution in [0.25, 0.3) is 11.4 Å². The molecule has 3 saturated heterocycles. The van der Waals surface area contributed by atoms with Gasteiger partial charge in [0.25, 0.3) is 0 Å². The molecule has 2 aromatic heterocycles. The fraction of sp³-hybridized carbons (Fsp3) is 0.536. The van der Waals surface area contributed by atoms with Crippen LogP contribution >= 0.6 is 0 Å². The molecule has 6 rings (SSSR count). The molecule has 0 radical (unpaired) electrons. The SMILES string of the molecule is CC(C)c1ccc(C(O)(c2cncc(-c3noc(C4CC5CCC4O5)n3)c2)C2(C)CN(C)C2)cc1. The number of aromatic nitrogens is 3. The Morgan fingerprint density at radius 2 is 1.89 bits per heavy atom. The number of fused-ring (bicyclic) bond motifs is 2. The Morgan fingerprint density at radius 3 is 2.51 bits per heavy atom. The van der Waals surface area contributed by atoms with E-state index in [1.807, 2.05) is 6.07 Å². The van der Waals surface area contributed by atoms with Crippen molar-refractivity contribution in [3.8, 4) is 11.4 Å². The van der Waals surface area contributed by atoms with E-state index < -0.39 is 5.60 Å². The standard InChI is InChI=1S/C28H34N4O3/c1-17(2)18-5-7-20(8-6-18)28(33,27(3)15-32(4)16-27)21-11-19(13-29-14-21)25-30-26(35-31-25)23-12-22-9-10-24(23)34-22/h5-8,11,13-14,17,22-24,33H,9-10,12,15-16H2,1-4H3. The first-order chi connectivity index (χ1) is 16.8. The van der Waals surface area contributed by atoms with Gasteiger partial charge in [-0.05, 0) is 49.4 Å². The van der Waals surface area contributed by atoms with Gasteiger partial charge in [-0.2, -0.15) is 4.98 Å². The number of likely N-dealkylation sites (tertiary alicyclic amines) is 1. The van der Waals surface area contributed by atoms with Crippen molar-refractivity contribution in [2.45, 2.75) is 69.7 Å². The molecule has 1 aromatic carbocycles. The molecule has 3 fully saturated rings. The van der Waals surface area contributed by atoms with Crippen molar-refractivity contribution >= 4 is 0 Å². The largest absolute Gasteiger partial charge is 0.380 e. The van der Waals surface area contributed by atoms with E-state index in [1.54, 1.807) is 12.4 Å². The van der Waals surface area contributed by atoms with E-state index in [0.717, 1.165) is 49.0 Å². The maximum atomic E-state index is 12.5. The van der Waals surface area contributed by atoms with Gasteiger partial charge >= 0.3 is 0 Å². The predicted molar refractivity (Wildman–Crippen MR) is 132 cm³/mol. The van der Waals surface area contributed by atoms with Crippen molar-refractivity contribution in [1.82, 2.24) is 20.0 Å². The number of hydrogen-bond donors (Lipinski definition) is 1. The zero-order chi connectivity index (χ0) is 24.4. The van der Waals surface area contributed by atoms with Crippen molar-refractivity contribution in [3.63, 3.8) is 0 Å². The van der Waals surface area contributed by atoms with E-state index >= 15 is 0 Å². The maximum absolute atomic E-state index is 12.5. The molecule has 1 N–H and O–H groups in total. The van der Waals surface area contributed by atoms with Crippen molar-refractivity contribution in [1.29, 1.82) is 0 Å². The summed E-state index contributed by atoms with van der Waals surface area (Å²) < 4.78 is 11.7. The Kier molecular flexibility index (Phi) is 5.36. The summed E-state index contributed by atoms with van der Waals surface area (Å²) in [4.78, 5) is 11.5. The highest BCUT2D eigenvalue weighted by molar-refractivity contribution is 5.56. The molecule has 7 nitrogen and oxygen atoms in total. The van der Waals surface area contributed by atoms with Crippen molar-refractivity contribution in [3.05, 3.63) is 65.3 Å². The van der Waals surface area contributed by atoms with Gasteiger partial charge in [0.15, 0.2) is 0 Å². The Balaban J connectivity index is 1.37. The molecule has 3 aliphatic heterocycles. The van der Waals surface area contributed by atoms with Gasteiger partial charge in [0.05, 0.1) is 18.1 Å². The number of rotatable bonds is 6. The Hall–Kier alpha value is -2.61. The molecule has 4 atom stereocenters. The molecule has 0 spiro atoms. The van der Waals surface area contributed by atoms with Crippen LogP contribution in [0.5, 0.6) is 0 Å². The number of aliphatic hydroxyl groups is 1. The summed E-state index contributed by atoms with van der Waals surface area (Å²) in [5, 5.41) is 16.7. The lowest BCUT2D eigenvalue weighted by atomic mass is 9.62. The summed E-state index contributed by atoms with van der Waals surface area (Å²) in [7, 11) is 2.08. The van der Waals surface area contributed by atoms with Crippen LogP contribution in [0, 0.1) is 5.41 Å². The normalized spacial score (nSPS) is 27.2. The molecule has 3 aliphatic rings. The molecule has 7 heteroatoms. The molecule has 4 unspecified atom stereocenters. The van der Waals surface area contributed by atoms with E-state index in [1.165, 1.54) is 5.56 Å². The number of ether oxygens (including phenoxy) is 1. The third-order valence-electron chi connectivity index (χ3n) is 8.39. The minimum Gasteiger partial charge on any atom is -0.380 e. The first kappa shape index (κ1) is 22.8. The van der Waals surface area contributed by atoms with Crippen LogP contribution in [0.4, 0.5) is 0 Å². The molecule has 35 heavy (non-hydrogen) atoms. The minimum absolute atomic E-state index is 0.173. The minimum atomic E-state index is -1.21. The average Bonchev–Trinajstić information content (AvgIpc) is 3.60. The van der Waals surface area contributed by atoms with Gasteiger partial charge in [-0.25, -0.2) is 0 Å². The lowest BCUT2D eigenvalue weighted by Gasteiger charge is -2.55. The number of hydrogen-bond acceptors (Lipinski definition) is 7. The summed E-state index contributed by atoms with van der Waals surface area (Å²) in [5.74, 6) is 1.75. The van der Waals surface area contributed by atoms with Crippen LogP contribution < -0.4 is 0 Å². The van der Waals surface area contributed by atoms with Gasteiger partial charge in [-0.15, -0.1) is 0 Å². The van der Waals surface area contributed by atoms with Crippen LogP contribution in [0.15, 0.2) is 47.2 Å². The lowest BCUT2D eigenvalue weighted by Crippen LogP contribution is -2.63. The molecule has 5 heterocycles. The first-order valence-corrected chi connectivity index (χ1v) is 12.7. The van der Waals surface area contributed by atoms with E-state index in [9.17, 15) is 5.11 Å². The molecule has 0 saturated carbocycles. The van der Waals surface area contributed by atoms with E-state index in [-0.39, 0.29) is 17.4 Å². The summed E-state index contributed by atoms with van der Waals surface area (Å²) in [6, 6.07) is 10.3. The van der Waals surface area contributed by atoms with E-state index in [0.29, 0.717) is 23.7 Å². The van der Waals surface area contributed by atoms with Crippen LogP contribution in [0.3, 0.4) is 0 Å². The van der Waals surface area contributed by atoms with Crippen LogP contribution in [-0.2, 0) is 10.3 Å². The second-order valence-corrected chi connectivity index (χ2v) is 11.4. The zero-order valence-electron chi connectivity index (χ0n) is 20.9. The fourth-order valence-electron chi connectivity index (χ4n) is 6.51. The van der Waals surface area contributed by atoms with Gasteiger partial charge in [-0.1, -0.05) is 50.2 Å². The Bertz CT molecular complexity index is 1220. The molecule has 2 bridgehead atoms. The molecule has 3 aromatic rings. The quantitative estimate of drug-likeness (QED) is 0.564. The van der Waals surface area contributed by atoms with Crippen LogP contribution in [-0.4, -0.2) is 57.5 Å². The molecule has 184 valence electrons. The zero-order valence-corrected chi connectivity index (χ0v) is 20.9. The second-order valence-electron chi connectivity index (χ2n) is 11.4. The summed E-state index contributed by atoms with van der Waals surface area (Å²) in [6.07, 6.45) is 7.15. The van der Waals surface area contributed by atoms with Gasteiger partial charge in [0.1, 0.15) is 5.60 Å². The number of benzene rings is 1. The Labute approximate surface area is 206 Å².